The maximum Gasteiger partial charge on any atom is 0.379 e. The van der Waals surface area contributed by atoms with Crippen LogP contribution >= 0.6 is 11.6 Å². The van der Waals surface area contributed by atoms with Gasteiger partial charge in [-0.3, -0.25) is 9.59 Å². The van der Waals surface area contributed by atoms with Crippen LogP contribution in [0.5, 0.6) is 5.75 Å². The van der Waals surface area contributed by atoms with E-state index < -0.39 is 11.9 Å². The van der Waals surface area contributed by atoms with E-state index in [9.17, 15) is 14.4 Å². The molecule has 0 bridgehead atoms. The van der Waals surface area contributed by atoms with Gasteiger partial charge >= 0.3 is 5.97 Å². The van der Waals surface area contributed by atoms with Crippen LogP contribution in [0.3, 0.4) is 0 Å². The lowest BCUT2D eigenvalue weighted by atomic mass is 10.2. The Kier molecular flexibility index (Phi) is 7.18. The second-order valence-electron chi connectivity index (χ2n) is 6.23. The van der Waals surface area contributed by atoms with Gasteiger partial charge < -0.3 is 14.5 Å². The van der Waals surface area contributed by atoms with Gasteiger partial charge in [0.2, 0.25) is 11.7 Å². The largest absolute Gasteiger partial charge is 0.457 e. The predicted octanol–water partition coefficient (Wildman–Crippen LogP) is 4.26. The van der Waals surface area contributed by atoms with Gasteiger partial charge in [0.25, 0.3) is 5.91 Å². The smallest absolute Gasteiger partial charge is 0.379 e. The van der Waals surface area contributed by atoms with E-state index in [1.807, 2.05) is 0 Å². The molecule has 8 nitrogen and oxygen atoms in total. The van der Waals surface area contributed by atoms with Crippen molar-refractivity contribution in [3.8, 4) is 5.75 Å². The maximum absolute atomic E-state index is 12.3. The summed E-state index contributed by atoms with van der Waals surface area (Å²) < 4.78 is 10.3. The molecule has 0 unspecified atom stereocenters. The number of carbonyl (C=O) groups is 3. The number of hydrogen-bond acceptors (Lipinski definition) is 6. The molecule has 0 aliphatic rings. The zero-order chi connectivity index (χ0) is 22.2. The lowest BCUT2D eigenvalue weighted by molar-refractivity contribution is -0.115. The summed E-state index contributed by atoms with van der Waals surface area (Å²) in [5.74, 6) is -1.02. The van der Waals surface area contributed by atoms with E-state index in [4.69, 9.17) is 20.8 Å². The van der Waals surface area contributed by atoms with Crippen molar-refractivity contribution in [2.24, 2.45) is 5.10 Å². The molecule has 3 rings (SSSR count). The van der Waals surface area contributed by atoms with E-state index in [0.717, 1.165) is 0 Å². The summed E-state index contributed by atoms with van der Waals surface area (Å²) in [6.07, 6.45) is 3.03. The van der Waals surface area contributed by atoms with Crippen LogP contribution in [0.4, 0.5) is 5.69 Å². The summed E-state index contributed by atoms with van der Waals surface area (Å²) in [5.41, 5.74) is 3.71. The first-order valence-corrected chi connectivity index (χ1v) is 9.62. The number of hydrogen-bond donors (Lipinski definition) is 2. The standard InChI is InChI=1S/C22H18ClN3O5/c1-2-20(27)25-17-8-5-14(6-9-17)21(28)26-24-13-15-12-16(23)7-10-18(15)31-22(29)19-4-3-11-30-19/h3-13H,2H2,1H3,(H,25,27)(H,26,28)/b24-13+. The molecule has 0 saturated heterocycles. The van der Waals surface area contributed by atoms with Crippen molar-refractivity contribution in [3.63, 3.8) is 0 Å². The van der Waals surface area contributed by atoms with Gasteiger partial charge in [0.15, 0.2) is 0 Å². The minimum absolute atomic E-state index is 0.0460. The zero-order valence-electron chi connectivity index (χ0n) is 16.4. The van der Waals surface area contributed by atoms with E-state index in [1.165, 1.54) is 30.7 Å². The van der Waals surface area contributed by atoms with Crippen LogP contribution < -0.4 is 15.5 Å². The molecule has 0 saturated carbocycles. The van der Waals surface area contributed by atoms with Gasteiger partial charge in [0.1, 0.15) is 5.75 Å². The Balaban J connectivity index is 1.66. The molecule has 0 aliphatic carbocycles. The average Bonchev–Trinajstić information content (AvgIpc) is 3.31. The van der Waals surface area contributed by atoms with Crippen LogP contribution in [-0.2, 0) is 4.79 Å². The minimum atomic E-state index is -0.679. The SMILES string of the molecule is CCC(=O)Nc1ccc(C(=O)N/N=C/c2cc(Cl)ccc2OC(=O)c2ccco2)cc1. The van der Waals surface area contributed by atoms with Gasteiger partial charge in [0.05, 0.1) is 12.5 Å². The lowest BCUT2D eigenvalue weighted by Gasteiger charge is -2.07. The number of esters is 1. The first kappa shape index (κ1) is 21.8. The molecular weight excluding hydrogens is 422 g/mol. The number of halogens is 1. The van der Waals surface area contributed by atoms with Crippen molar-refractivity contribution in [2.45, 2.75) is 13.3 Å². The summed E-state index contributed by atoms with van der Waals surface area (Å²) in [6.45, 7) is 1.75. The monoisotopic (exact) mass is 439 g/mol. The number of carbonyl (C=O) groups excluding carboxylic acids is 3. The number of hydrazone groups is 1. The Morgan fingerprint density at radius 1 is 1.13 bits per heavy atom. The highest BCUT2D eigenvalue weighted by atomic mass is 35.5. The molecule has 0 fully saturated rings. The summed E-state index contributed by atoms with van der Waals surface area (Å²) >= 11 is 6.01. The Morgan fingerprint density at radius 2 is 1.90 bits per heavy atom. The van der Waals surface area contributed by atoms with E-state index in [1.54, 1.807) is 43.3 Å². The van der Waals surface area contributed by atoms with Crippen molar-refractivity contribution >= 4 is 41.3 Å². The number of amides is 2. The third kappa shape index (κ3) is 6.03. The third-order valence-electron chi connectivity index (χ3n) is 4.02. The Morgan fingerprint density at radius 3 is 2.58 bits per heavy atom. The number of benzene rings is 2. The first-order valence-electron chi connectivity index (χ1n) is 9.25. The number of ether oxygens (including phenoxy) is 1. The molecule has 1 heterocycles. The molecule has 158 valence electrons. The fraction of sp³-hybridized carbons (Fsp3) is 0.0909. The van der Waals surface area contributed by atoms with Crippen LogP contribution in [-0.4, -0.2) is 24.0 Å². The zero-order valence-corrected chi connectivity index (χ0v) is 17.2. The third-order valence-corrected chi connectivity index (χ3v) is 4.25. The van der Waals surface area contributed by atoms with Crippen LogP contribution in [0.15, 0.2) is 70.4 Å². The van der Waals surface area contributed by atoms with Crippen molar-refractivity contribution in [3.05, 3.63) is 82.8 Å². The molecule has 2 N–H and O–H groups in total. The Labute approximate surface area is 182 Å². The summed E-state index contributed by atoms with van der Waals surface area (Å²) in [4.78, 5) is 35.8. The molecule has 31 heavy (non-hydrogen) atoms. The highest BCUT2D eigenvalue weighted by molar-refractivity contribution is 6.31. The fourth-order valence-corrected chi connectivity index (χ4v) is 2.62. The van der Waals surface area contributed by atoms with Crippen LogP contribution in [0.1, 0.15) is 39.8 Å². The molecule has 3 aromatic rings. The Hall–Kier alpha value is -3.91. The normalized spacial score (nSPS) is 10.6. The van der Waals surface area contributed by atoms with Crippen LogP contribution in [0.2, 0.25) is 5.02 Å². The van der Waals surface area contributed by atoms with E-state index in [0.29, 0.717) is 28.3 Å². The van der Waals surface area contributed by atoms with Gasteiger partial charge in [-0.2, -0.15) is 5.10 Å². The first-order chi connectivity index (χ1) is 15.0. The number of furan rings is 1. The highest BCUT2D eigenvalue weighted by Crippen LogP contribution is 2.22. The molecule has 9 heteroatoms. The van der Waals surface area contributed by atoms with Gasteiger partial charge in [-0.05, 0) is 54.6 Å². The molecule has 1 aromatic heterocycles. The van der Waals surface area contributed by atoms with Gasteiger partial charge in [-0.1, -0.05) is 18.5 Å². The lowest BCUT2D eigenvalue weighted by Crippen LogP contribution is -2.18. The molecule has 0 aliphatic heterocycles. The summed E-state index contributed by atoms with van der Waals surface area (Å²) in [5, 5.41) is 7.00. The quantitative estimate of drug-likeness (QED) is 0.247. The number of nitrogens with one attached hydrogen (secondary N) is 2. The molecule has 2 aromatic carbocycles. The van der Waals surface area contributed by atoms with Crippen molar-refractivity contribution in [2.75, 3.05) is 5.32 Å². The topological polar surface area (TPSA) is 110 Å². The molecule has 2 amide bonds. The molecule has 0 spiro atoms. The number of rotatable bonds is 7. The van der Waals surface area contributed by atoms with Crippen LogP contribution in [0, 0.1) is 0 Å². The maximum atomic E-state index is 12.3. The van der Waals surface area contributed by atoms with Gasteiger partial charge in [0, 0.05) is 28.3 Å². The summed E-state index contributed by atoms with van der Waals surface area (Å²) in [6, 6.07) is 14.0. The molecule has 0 atom stereocenters. The second-order valence-corrected chi connectivity index (χ2v) is 6.66. The summed E-state index contributed by atoms with van der Waals surface area (Å²) in [7, 11) is 0. The fourth-order valence-electron chi connectivity index (χ4n) is 2.44. The Bertz CT molecular complexity index is 1110. The van der Waals surface area contributed by atoms with Crippen molar-refractivity contribution < 1.29 is 23.5 Å². The highest BCUT2D eigenvalue weighted by Gasteiger charge is 2.14. The van der Waals surface area contributed by atoms with E-state index in [2.05, 4.69) is 15.8 Å². The van der Waals surface area contributed by atoms with Crippen molar-refractivity contribution in [1.82, 2.24) is 5.43 Å². The minimum Gasteiger partial charge on any atom is -0.457 e. The predicted molar refractivity (Wildman–Crippen MR) is 116 cm³/mol. The number of anilines is 1. The molecule has 0 radical (unpaired) electrons. The number of nitrogens with zero attached hydrogens (tertiary/aromatic N) is 1. The van der Waals surface area contributed by atoms with Gasteiger partial charge in [-0.25, -0.2) is 10.2 Å². The molecular formula is C22H18ClN3O5. The van der Waals surface area contributed by atoms with Crippen LogP contribution in [0.25, 0.3) is 0 Å². The second kappa shape index (κ2) is 10.2. The van der Waals surface area contributed by atoms with E-state index in [-0.39, 0.29) is 17.4 Å². The van der Waals surface area contributed by atoms with Gasteiger partial charge in [-0.15, -0.1) is 0 Å². The van der Waals surface area contributed by atoms with Crippen molar-refractivity contribution in [1.29, 1.82) is 0 Å². The van der Waals surface area contributed by atoms with E-state index >= 15 is 0 Å². The average molecular weight is 440 g/mol.